The zero-order chi connectivity index (χ0) is 24.9. The van der Waals surface area contributed by atoms with Gasteiger partial charge in [0, 0.05) is 18.3 Å². The summed E-state index contributed by atoms with van der Waals surface area (Å²) in [5.74, 6) is 0.277. The van der Waals surface area contributed by atoms with Crippen LogP contribution in [0.5, 0.6) is 12.0 Å². The highest BCUT2D eigenvalue weighted by Crippen LogP contribution is 2.27. The molecule has 0 aliphatic carbocycles. The largest absolute Gasteiger partial charge is 0.468 e. The van der Waals surface area contributed by atoms with Crippen LogP contribution in [0.3, 0.4) is 0 Å². The average molecular weight is 488 g/mol. The van der Waals surface area contributed by atoms with Gasteiger partial charge in [-0.15, -0.1) is 0 Å². The minimum absolute atomic E-state index is 0.258. The summed E-state index contributed by atoms with van der Waals surface area (Å²) in [6, 6.07) is 13.4. The minimum atomic E-state index is 0.258. The highest BCUT2D eigenvalue weighted by atomic mass is 16.5. The fraction of sp³-hybridized carbons (Fsp3) is 0.407. The molecule has 5 rings (SSSR count). The normalized spacial score (nSPS) is 13.9. The van der Waals surface area contributed by atoms with Gasteiger partial charge in [-0.2, -0.15) is 15.0 Å². The highest BCUT2D eigenvalue weighted by molar-refractivity contribution is 5.83. The van der Waals surface area contributed by atoms with E-state index in [1.54, 1.807) is 7.11 Å². The summed E-state index contributed by atoms with van der Waals surface area (Å²) in [4.78, 5) is 20.5. The lowest BCUT2D eigenvalue weighted by Crippen LogP contribution is -2.18. The molecule has 1 aromatic carbocycles. The predicted molar refractivity (Wildman–Crippen MR) is 140 cm³/mol. The average Bonchev–Trinajstić information content (AvgIpc) is 3.53. The molecule has 1 fully saturated rings. The number of benzene rings is 1. The molecule has 0 radical (unpaired) electrons. The monoisotopic (exact) mass is 487 g/mol. The number of ether oxygens (including phenoxy) is 2. The van der Waals surface area contributed by atoms with E-state index in [0.29, 0.717) is 30.3 Å². The maximum Gasteiger partial charge on any atom is 0.320 e. The standard InChI is InChI=1S/C27H33N7O2/c1-3-4-15-36-26-31-24(28)23-25(32-26)34(27(30-23)35-2)17-19-7-9-20(10-8-19)21-11-12-22(29-16-21)18-33-13-5-6-14-33/h7-12,16H,3-6,13-15,17-18H2,1-2H3,(H2,28,31,32). The van der Waals surface area contributed by atoms with Crippen LogP contribution in [0.15, 0.2) is 42.6 Å². The van der Waals surface area contributed by atoms with Crippen molar-refractivity contribution in [1.82, 2.24) is 29.4 Å². The van der Waals surface area contributed by atoms with E-state index in [9.17, 15) is 0 Å². The first-order valence-corrected chi connectivity index (χ1v) is 12.6. The quantitative estimate of drug-likeness (QED) is 0.330. The summed E-state index contributed by atoms with van der Waals surface area (Å²) in [6.07, 6.45) is 6.50. The number of fused-ring (bicyclic) bond motifs is 1. The summed E-state index contributed by atoms with van der Waals surface area (Å²) in [5.41, 5.74) is 11.7. The third kappa shape index (κ3) is 5.26. The van der Waals surface area contributed by atoms with E-state index in [4.69, 9.17) is 20.2 Å². The Bertz CT molecular complexity index is 1300. The van der Waals surface area contributed by atoms with E-state index in [-0.39, 0.29) is 11.8 Å². The van der Waals surface area contributed by atoms with Crippen LogP contribution in [0.25, 0.3) is 22.3 Å². The van der Waals surface area contributed by atoms with E-state index in [1.807, 2.05) is 10.8 Å². The van der Waals surface area contributed by atoms with Crippen molar-refractivity contribution in [3.63, 3.8) is 0 Å². The number of unbranched alkanes of at least 4 members (excludes halogenated alkanes) is 1. The molecule has 36 heavy (non-hydrogen) atoms. The molecule has 4 aromatic rings. The topological polar surface area (TPSA) is 104 Å². The Kier molecular flexibility index (Phi) is 7.27. The van der Waals surface area contributed by atoms with E-state index in [0.717, 1.165) is 41.8 Å². The molecule has 0 atom stereocenters. The van der Waals surface area contributed by atoms with Crippen LogP contribution in [0.1, 0.15) is 43.9 Å². The Morgan fingerprint density at radius 3 is 2.42 bits per heavy atom. The molecule has 0 bridgehead atoms. The molecule has 188 valence electrons. The summed E-state index contributed by atoms with van der Waals surface area (Å²) >= 11 is 0. The third-order valence-electron chi connectivity index (χ3n) is 6.51. The maximum atomic E-state index is 6.16. The van der Waals surface area contributed by atoms with Crippen LogP contribution in [-0.2, 0) is 13.1 Å². The summed E-state index contributed by atoms with van der Waals surface area (Å²) in [6.45, 7) is 6.45. The van der Waals surface area contributed by atoms with Gasteiger partial charge in [-0.05, 0) is 49.5 Å². The third-order valence-corrected chi connectivity index (χ3v) is 6.51. The number of imidazole rings is 1. The second-order valence-electron chi connectivity index (χ2n) is 9.17. The Morgan fingerprint density at radius 2 is 1.72 bits per heavy atom. The predicted octanol–water partition coefficient (Wildman–Crippen LogP) is 4.30. The number of pyridine rings is 1. The summed E-state index contributed by atoms with van der Waals surface area (Å²) in [5, 5.41) is 0. The van der Waals surface area contributed by atoms with Crippen LogP contribution >= 0.6 is 0 Å². The first-order chi connectivity index (χ1) is 17.6. The SMILES string of the molecule is CCCCOc1nc(N)c2nc(OC)n(Cc3ccc(-c4ccc(CN5CCCC5)nc4)cc3)c2n1. The summed E-state index contributed by atoms with van der Waals surface area (Å²) < 4.78 is 13.1. The molecule has 0 spiro atoms. The van der Waals surface area contributed by atoms with Crippen LogP contribution in [0.4, 0.5) is 5.82 Å². The van der Waals surface area contributed by atoms with Crippen molar-refractivity contribution < 1.29 is 9.47 Å². The van der Waals surface area contributed by atoms with Gasteiger partial charge in [0.15, 0.2) is 17.0 Å². The van der Waals surface area contributed by atoms with Gasteiger partial charge in [0.25, 0.3) is 6.01 Å². The Morgan fingerprint density at radius 1 is 0.944 bits per heavy atom. The smallest absolute Gasteiger partial charge is 0.320 e. The van der Waals surface area contributed by atoms with Crippen molar-refractivity contribution in [3.05, 3.63) is 53.9 Å². The van der Waals surface area contributed by atoms with Crippen molar-refractivity contribution in [2.24, 2.45) is 0 Å². The van der Waals surface area contributed by atoms with Crippen LogP contribution in [0.2, 0.25) is 0 Å². The van der Waals surface area contributed by atoms with Crippen LogP contribution < -0.4 is 15.2 Å². The molecule has 0 amide bonds. The molecule has 0 unspecified atom stereocenters. The van der Waals surface area contributed by atoms with Gasteiger partial charge in [0.2, 0.25) is 0 Å². The number of rotatable bonds is 10. The number of aromatic nitrogens is 5. The minimum Gasteiger partial charge on any atom is -0.468 e. The molecular weight excluding hydrogens is 454 g/mol. The van der Waals surface area contributed by atoms with Gasteiger partial charge in [-0.25, -0.2) is 0 Å². The molecule has 9 heteroatoms. The van der Waals surface area contributed by atoms with E-state index in [2.05, 4.69) is 63.2 Å². The van der Waals surface area contributed by atoms with Gasteiger partial charge in [-0.1, -0.05) is 43.7 Å². The zero-order valence-electron chi connectivity index (χ0n) is 21.0. The van der Waals surface area contributed by atoms with Crippen molar-refractivity contribution in [3.8, 4) is 23.1 Å². The van der Waals surface area contributed by atoms with Crippen LogP contribution in [-0.4, -0.2) is 56.2 Å². The first kappa shape index (κ1) is 24.0. The summed E-state index contributed by atoms with van der Waals surface area (Å²) in [7, 11) is 1.59. The Hall–Kier alpha value is -3.72. The van der Waals surface area contributed by atoms with E-state index in [1.165, 1.54) is 25.9 Å². The lowest BCUT2D eigenvalue weighted by atomic mass is 10.1. The van der Waals surface area contributed by atoms with Crippen molar-refractivity contribution in [1.29, 1.82) is 0 Å². The van der Waals surface area contributed by atoms with Gasteiger partial charge in [-0.3, -0.25) is 14.5 Å². The number of anilines is 1. The fourth-order valence-corrected chi connectivity index (χ4v) is 4.50. The number of methoxy groups -OCH3 is 1. The second kappa shape index (κ2) is 10.9. The van der Waals surface area contributed by atoms with E-state index >= 15 is 0 Å². The van der Waals surface area contributed by atoms with Crippen molar-refractivity contribution in [2.45, 2.75) is 45.7 Å². The molecule has 9 nitrogen and oxygen atoms in total. The number of nitrogens with two attached hydrogens (primary N) is 1. The van der Waals surface area contributed by atoms with Gasteiger partial charge in [0.1, 0.15) is 0 Å². The molecular formula is C27H33N7O2. The van der Waals surface area contributed by atoms with Crippen LogP contribution in [0, 0.1) is 0 Å². The Labute approximate surface area is 211 Å². The van der Waals surface area contributed by atoms with Gasteiger partial charge >= 0.3 is 6.01 Å². The lowest BCUT2D eigenvalue weighted by molar-refractivity contribution is 0.286. The van der Waals surface area contributed by atoms with Gasteiger partial charge in [0.05, 0.1) is 26.0 Å². The van der Waals surface area contributed by atoms with Gasteiger partial charge < -0.3 is 15.2 Å². The molecule has 3 aromatic heterocycles. The Balaban J connectivity index is 1.34. The zero-order valence-corrected chi connectivity index (χ0v) is 21.0. The highest BCUT2D eigenvalue weighted by Gasteiger charge is 2.18. The molecule has 1 aliphatic heterocycles. The second-order valence-corrected chi connectivity index (χ2v) is 9.17. The molecule has 4 heterocycles. The van der Waals surface area contributed by atoms with Crippen molar-refractivity contribution in [2.75, 3.05) is 32.5 Å². The molecule has 1 aliphatic rings. The number of nitrogens with zero attached hydrogens (tertiary/aromatic N) is 6. The first-order valence-electron chi connectivity index (χ1n) is 12.6. The molecule has 2 N–H and O–H groups in total. The fourth-order valence-electron chi connectivity index (χ4n) is 4.50. The number of likely N-dealkylation sites (tertiary alicyclic amines) is 1. The lowest BCUT2D eigenvalue weighted by Gasteiger charge is -2.14. The number of hydrogen-bond acceptors (Lipinski definition) is 8. The molecule has 0 saturated carbocycles. The van der Waals surface area contributed by atoms with Crippen molar-refractivity contribution >= 4 is 17.0 Å². The number of nitrogen functional groups attached to an aromatic ring is 1. The molecule has 1 saturated heterocycles. The maximum absolute atomic E-state index is 6.16. The van der Waals surface area contributed by atoms with E-state index < -0.39 is 0 Å². The number of hydrogen-bond donors (Lipinski definition) is 1.